The molecule has 2 aliphatic rings. The van der Waals surface area contributed by atoms with Gasteiger partial charge in [0.2, 0.25) is 15.9 Å². The molecule has 48 heavy (non-hydrogen) atoms. The van der Waals surface area contributed by atoms with Gasteiger partial charge in [-0.3, -0.25) is 18.8 Å². The summed E-state index contributed by atoms with van der Waals surface area (Å²) in [6.45, 7) is -0.179. The Morgan fingerprint density at radius 2 is 1.73 bits per heavy atom. The lowest BCUT2D eigenvalue weighted by atomic mass is 10.0. The van der Waals surface area contributed by atoms with Crippen molar-refractivity contribution in [2.75, 3.05) is 11.9 Å². The van der Waals surface area contributed by atoms with E-state index in [0.717, 1.165) is 30.0 Å². The van der Waals surface area contributed by atoms with Crippen LogP contribution >= 0.6 is 23.2 Å². The first-order valence-corrected chi connectivity index (χ1v) is 18.5. The summed E-state index contributed by atoms with van der Waals surface area (Å²) in [5.41, 5.74) is 1.03. The molecule has 1 aliphatic carbocycles. The smallest absolute Gasteiger partial charge is 0.326 e. The number of carbonyl (C=O) groups excluding carboxylic acids is 2. The van der Waals surface area contributed by atoms with Crippen LogP contribution in [-0.4, -0.2) is 73.9 Å². The summed E-state index contributed by atoms with van der Waals surface area (Å²) in [5, 5.41) is 23.9. The molecular formula is C32H31Cl2N5O7S2. The van der Waals surface area contributed by atoms with Crippen LogP contribution in [0.15, 0.2) is 65.8 Å². The number of rotatable bonds is 11. The van der Waals surface area contributed by atoms with Crippen molar-refractivity contribution in [1.29, 1.82) is 5.26 Å². The quantitative estimate of drug-likeness (QED) is 0.261. The number of nitriles is 1. The molecule has 0 radical (unpaired) electrons. The van der Waals surface area contributed by atoms with Gasteiger partial charge in [-0.25, -0.2) is 13.2 Å². The number of carboxylic acids is 1. The number of carboxylic acid groups (broad SMARTS) is 1. The van der Waals surface area contributed by atoms with E-state index in [9.17, 15) is 37.4 Å². The Hall–Kier alpha value is -3.87. The van der Waals surface area contributed by atoms with Crippen molar-refractivity contribution in [1.82, 2.24) is 14.6 Å². The molecule has 252 valence electrons. The minimum atomic E-state index is -4.33. The van der Waals surface area contributed by atoms with Crippen molar-refractivity contribution in [2.45, 2.75) is 66.0 Å². The number of sulfonamides is 1. The van der Waals surface area contributed by atoms with Gasteiger partial charge in [0, 0.05) is 47.1 Å². The number of aromatic nitrogens is 1. The van der Waals surface area contributed by atoms with Gasteiger partial charge in [-0.2, -0.15) is 9.57 Å². The first-order chi connectivity index (χ1) is 22.9. The van der Waals surface area contributed by atoms with E-state index in [2.05, 4.69) is 15.6 Å². The Morgan fingerprint density at radius 1 is 1.06 bits per heavy atom. The van der Waals surface area contributed by atoms with E-state index < -0.39 is 55.9 Å². The van der Waals surface area contributed by atoms with Crippen molar-refractivity contribution in [3.63, 3.8) is 0 Å². The van der Waals surface area contributed by atoms with Crippen molar-refractivity contribution in [3.05, 3.63) is 87.7 Å². The minimum absolute atomic E-state index is 0.0427. The van der Waals surface area contributed by atoms with Crippen LogP contribution in [-0.2, 0) is 36.8 Å². The third-order valence-electron chi connectivity index (χ3n) is 8.40. The van der Waals surface area contributed by atoms with Crippen LogP contribution in [0.2, 0.25) is 10.0 Å². The summed E-state index contributed by atoms with van der Waals surface area (Å²) in [6.07, 6.45) is 5.74. The lowest BCUT2D eigenvalue weighted by molar-refractivity contribution is -0.142. The van der Waals surface area contributed by atoms with Crippen LogP contribution in [0.5, 0.6) is 0 Å². The Morgan fingerprint density at radius 3 is 2.35 bits per heavy atom. The fourth-order valence-electron chi connectivity index (χ4n) is 5.94. The number of nitrogens with zero attached hydrogens (tertiary/aromatic N) is 3. The molecule has 3 aromatic rings. The summed E-state index contributed by atoms with van der Waals surface area (Å²) >= 11 is 12.1. The lowest BCUT2D eigenvalue weighted by Crippen LogP contribution is -2.51. The summed E-state index contributed by atoms with van der Waals surface area (Å²) in [7, 11) is -5.73. The van der Waals surface area contributed by atoms with E-state index in [4.69, 9.17) is 23.2 Å². The molecule has 1 aromatic heterocycles. The van der Waals surface area contributed by atoms with Crippen LogP contribution in [0, 0.1) is 11.3 Å². The number of carbonyl (C=O) groups is 3. The van der Waals surface area contributed by atoms with Crippen molar-refractivity contribution >= 4 is 67.5 Å². The average molecular weight is 733 g/mol. The highest BCUT2D eigenvalue weighted by Crippen LogP contribution is 2.34. The number of amides is 2. The van der Waals surface area contributed by atoms with Gasteiger partial charge in [0.05, 0.1) is 37.4 Å². The molecule has 12 nitrogen and oxygen atoms in total. The zero-order valence-corrected chi connectivity index (χ0v) is 28.5. The van der Waals surface area contributed by atoms with E-state index in [1.165, 1.54) is 36.7 Å². The van der Waals surface area contributed by atoms with Gasteiger partial charge in [0.1, 0.15) is 12.1 Å². The van der Waals surface area contributed by atoms with E-state index >= 15 is 0 Å². The van der Waals surface area contributed by atoms with Crippen LogP contribution in [0.3, 0.4) is 0 Å². The SMILES string of the molecule is N#Cc1cccc(S(=O)(=O)N2C[C@@H](S(=O)C3CCCC3)C[C@H]2C(=O)N[C@@H](Cc2ccc(NC(=O)c3c(Cl)cncc3Cl)cc2)C(=O)O)c1. The molecule has 0 bridgehead atoms. The van der Waals surface area contributed by atoms with Gasteiger partial charge >= 0.3 is 5.97 Å². The number of hydrogen-bond acceptors (Lipinski definition) is 8. The molecule has 4 atom stereocenters. The second kappa shape index (κ2) is 15.1. The predicted molar refractivity (Wildman–Crippen MR) is 180 cm³/mol. The lowest BCUT2D eigenvalue weighted by Gasteiger charge is -2.25. The van der Waals surface area contributed by atoms with E-state index in [-0.39, 0.29) is 50.7 Å². The monoisotopic (exact) mass is 731 g/mol. The van der Waals surface area contributed by atoms with Crippen LogP contribution in [0.1, 0.15) is 53.6 Å². The molecule has 1 unspecified atom stereocenters. The van der Waals surface area contributed by atoms with Crippen molar-refractivity contribution in [2.24, 2.45) is 0 Å². The van der Waals surface area contributed by atoms with Crippen molar-refractivity contribution < 1.29 is 32.1 Å². The highest BCUT2D eigenvalue weighted by molar-refractivity contribution is 7.89. The number of hydrogen-bond donors (Lipinski definition) is 3. The number of anilines is 1. The largest absolute Gasteiger partial charge is 0.480 e. The summed E-state index contributed by atoms with van der Waals surface area (Å²) in [5.74, 6) is -2.75. The maximum absolute atomic E-state index is 13.8. The third kappa shape index (κ3) is 7.88. The van der Waals surface area contributed by atoms with Gasteiger partial charge in [0.15, 0.2) is 0 Å². The molecule has 1 saturated carbocycles. The Labute approximate surface area is 290 Å². The highest BCUT2D eigenvalue weighted by Gasteiger charge is 2.47. The molecule has 1 saturated heterocycles. The molecular weight excluding hydrogens is 701 g/mol. The molecule has 1 aliphatic heterocycles. The third-order valence-corrected chi connectivity index (χ3v) is 13.0. The average Bonchev–Trinajstić information content (AvgIpc) is 3.77. The van der Waals surface area contributed by atoms with Gasteiger partial charge in [-0.1, -0.05) is 54.2 Å². The van der Waals surface area contributed by atoms with Gasteiger partial charge in [-0.15, -0.1) is 0 Å². The molecule has 0 spiro atoms. The number of aliphatic carboxylic acids is 1. The normalized spacial score (nSPS) is 19.7. The summed E-state index contributed by atoms with van der Waals surface area (Å²) in [4.78, 5) is 42.3. The summed E-state index contributed by atoms with van der Waals surface area (Å²) in [6, 6.07) is 10.8. The summed E-state index contributed by atoms with van der Waals surface area (Å²) < 4.78 is 42.1. The first-order valence-electron chi connectivity index (χ1n) is 15.0. The topological polar surface area (TPSA) is 187 Å². The maximum atomic E-state index is 13.8. The van der Waals surface area contributed by atoms with Gasteiger partial charge < -0.3 is 15.7 Å². The number of pyridine rings is 1. The number of nitrogens with one attached hydrogen (secondary N) is 2. The van der Waals surface area contributed by atoms with Crippen molar-refractivity contribution in [3.8, 4) is 6.07 Å². The molecule has 3 N–H and O–H groups in total. The van der Waals surface area contributed by atoms with Crippen LogP contribution in [0.4, 0.5) is 5.69 Å². The number of benzene rings is 2. The second-order valence-corrected chi connectivity index (χ2v) is 16.3. The second-order valence-electron chi connectivity index (χ2n) is 11.6. The molecule has 2 amide bonds. The zero-order valence-electron chi connectivity index (χ0n) is 25.3. The first kappa shape index (κ1) is 35.4. The maximum Gasteiger partial charge on any atom is 0.326 e. The highest BCUT2D eigenvalue weighted by atomic mass is 35.5. The zero-order chi connectivity index (χ0) is 34.6. The predicted octanol–water partition coefficient (Wildman–Crippen LogP) is 4.15. The molecule has 5 rings (SSSR count). The van der Waals surface area contributed by atoms with E-state index in [1.54, 1.807) is 24.3 Å². The van der Waals surface area contributed by atoms with Gasteiger partial charge in [0.25, 0.3) is 5.91 Å². The minimum Gasteiger partial charge on any atom is -0.480 e. The molecule has 16 heteroatoms. The number of halogens is 2. The Bertz CT molecular complexity index is 1880. The molecule has 2 fully saturated rings. The van der Waals surface area contributed by atoms with Crippen LogP contribution in [0.25, 0.3) is 0 Å². The standard InChI is InChI=1S/C32H31Cl2N5O7S2/c33-25-16-36-17-26(34)29(25)31(41)37-21-10-8-19(9-11-21)13-27(32(42)43)38-30(40)28-14-23(47(44)22-5-1-2-6-22)18-39(28)48(45,46)24-7-3-4-20(12-24)15-35/h3-4,7-12,16-17,22-23,27-28H,1-2,5-6,13-14,18H2,(H,37,41)(H,38,40)(H,42,43)/t23-,27-,28-,47?/m0/s1. The molecule has 2 heterocycles. The fourth-order valence-corrected chi connectivity index (χ4v) is 10.3. The Kier molecular flexibility index (Phi) is 11.2. The van der Waals surface area contributed by atoms with E-state index in [1.807, 2.05) is 6.07 Å². The van der Waals surface area contributed by atoms with Crippen LogP contribution < -0.4 is 10.6 Å². The Balaban J connectivity index is 1.33. The van der Waals surface area contributed by atoms with Gasteiger partial charge in [-0.05, 0) is 55.2 Å². The molecule has 2 aromatic carbocycles. The van der Waals surface area contributed by atoms with E-state index in [0.29, 0.717) is 11.3 Å². The fraction of sp³-hybridized carbons (Fsp3) is 0.344.